The summed E-state index contributed by atoms with van der Waals surface area (Å²) < 4.78 is 10.4. The minimum atomic E-state index is -0.826. The van der Waals surface area contributed by atoms with Crippen LogP contribution in [0.1, 0.15) is 148 Å². The monoisotopic (exact) mass is 514 g/mol. The normalized spacial score (nSPS) is 11.8. The molecular formula is C29H54O7. The molecule has 212 valence electrons. The summed E-state index contributed by atoms with van der Waals surface area (Å²) in [5.74, 6) is -1.51. The van der Waals surface area contributed by atoms with Gasteiger partial charge in [0.1, 0.15) is 6.61 Å². The molecule has 0 radical (unpaired) electrons. The molecule has 0 saturated heterocycles. The van der Waals surface area contributed by atoms with Crippen LogP contribution in [-0.2, 0) is 23.9 Å². The molecule has 36 heavy (non-hydrogen) atoms. The van der Waals surface area contributed by atoms with Gasteiger partial charge >= 0.3 is 17.9 Å². The predicted octanol–water partition coefficient (Wildman–Crippen LogP) is 7.12. The van der Waals surface area contributed by atoms with E-state index in [-0.39, 0.29) is 32.0 Å². The van der Waals surface area contributed by atoms with Crippen molar-refractivity contribution in [2.45, 2.75) is 154 Å². The molecule has 2 N–H and O–H groups in total. The number of hydrogen-bond donors (Lipinski definition) is 2. The summed E-state index contributed by atoms with van der Waals surface area (Å²) in [5.41, 5.74) is 0. The number of carbonyl (C=O) groups is 3. The quantitative estimate of drug-likeness (QED) is 0.0886. The highest BCUT2D eigenvalue weighted by atomic mass is 16.6. The molecule has 0 aliphatic rings. The molecule has 0 heterocycles. The van der Waals surface area contributed by atoms with Crippen molar-refractivity contribution in [2.75, 3.05) is 13.2 Å². The summed E-state index contributed by atoms with van der Waals surface area (Å²) >= 11 is 0. The Bertz CT molecular complexity index is 536. The molecule has 0 aromatic carbocycles. The van der Waals surface area contributed by atoms with Gasteiger partial charge in [0.25, 0.3) is 0 Å². The van der Waals surface area contributed by atoms with Crippen molar-refractivity contribution in [2.24, 2.45) is 0 Å². The van der Waals surface area contributed by atoms with Crippen molar-refractivity contribution >= 4 is 17.9 Å². The molecule has 0 amide bonds. The molecule has 0 bridgehead atoms. The lowest BCUT2D eigenvalue weighted by atomic mass is 10.0. The van der Waals surface area contributed by atoms with Crippen LogP contribution in [0.25, 0.3) is 0 Å². The van der Waals surface area contributed by atoms with Crippen LogP contribution in [0.15, 0.2) is 0 Å². The summed E-state index contributed by atoms with van der Waals surface area (Å²) in [6.45, 7) is 1.76. The number of ether oxygens (including phenoxy) is 2. The fourth-order valence-corrected chi connectivity index (χ4v) is 4.17. The first-order valence-corrected chi connectivity index (χ1v) is 14.7. The zero-order chi connectivity index (χ0) is 26.7. The van der Waals surface area contributed by atoms with E-state index in [4.69, 9.17) is 14.6 Å². The third-order valence-electron chi connectivity index (χ3n) is 6.44. The second-order valence-corrected chi connectivity index (χ2v) is 9.99. The second-order valence-electron chi connectivity index (χ2n) is 9.99. The molecule has 0 spiro atoms. The highest BCUT2D eigenvalue weighted by Crippen LogP contribution is 2.14. The van der Waals surface area contributed by atoms with Crippen LogP contribution in [-0.4, -0.2) is 47.4 Å². The molecule has 0 aromatic heterocycles. The molecule has 0 fully saturated rings. The first-order chi connectivity index (χ1) is 17.5. The summed E-state index contributed by atoms with van der Waals surface area (Å²) in [7, 11) is 0. The Kier molecular flexibility index (Phi) is 25.2. The van der Waals surface area contributed by atoms with Gasteiger partial charge in [-0.15, -0.1) is 0 Å². The molecule has 7 nitrogen and oxygen atoms in total. The minimum absolute atomic E-state index is 0.116. The van der Waals surface area contributed by atoms with Crippen molar-refractivity contribution in [1.82, 2.24) is 0 Å². The predicted molar refractivity (Wildman–Crippen MR) is 143 cm³/mol. The largest absolute Gasteiger partial charge is 0.481 e. The second kappa shape index (κ2) is 26.4. The average Bonchev–Trinajstić information content (AvgIpc) is 2.85. The molecule has 1 atom stereocenters. The Labute approximate surface area is 219 Å². The highest BCUT2D eigenvalue weighted by molar-refractivity contribution is 5.70. The van der Waals surface area contributed by atoms with E-state index in [1.807, 2.05) is 0 Å². The van der Waals surface area contributed by atoms with Gasteiger partial charge in [0.05, 0.1) is 6.61 Å². The van der Waals surface area contributed by atoms with E-state index in [2.05, 4.69) is 6.92 Å². The van der Waals surface area contributed by atoms with Gasteiger partial charge < -0.3 is 19.7 Å². The standard InChI is InChI=1S/C29H54O7/c1-2-3-4-5-6-7-8-9-10-11-12-13-16-19-22-28(33)35-25-26(24-30)36-29(34)23-20-17-14-15-18-21-27(31)32/h26,30H,2-25H2,1H3,(H,31,32). The number of rotatable bonds is 27. The van der Waals surface area contributed by atoms with Gasteiger partial charge in [0.15, 0.2) is 6.10 Å². The van der Waals surface area contributed by atoms with Gasteiger partial charge in [-0.05, 0) is 19.3 Å². The number of hydrogen-bond acceptors (Lipinski definition) is 6. The lowest BCUT2D eigenvalue weighted by Gasteiger charge is -2.15. The molecule has 0 rings (SSSR count). The van der Waals surface area contributed by atoms with E-state index in [0.29, 0.717) is 19.3 Å². The molecule has 7 heteroatoms. The smallest absolute Gasteiger partial charge is 0.306 e. The third kappa shape index (κ3) is 25.5. The number of carboxylic acid groups (broad SMARTS) is 1. The number of esters is 2. The van der Waals surface area contributed by atoms with Gasteiger partial charge in [-0.2, -0.15) is 0 Å². The van der Waals surface area contributed by atoms with Crippen molar-refractivity contribution in [3.63, 3.8) is 0 Å². The van der Waals surface area contributed by atoms with E-state index in [1.54, 1.807) is 0 Å². The Morgan fingerprint density at radius 3 is 1.39 bits per heavy atom. The van der Waals surface area contributed by atoms with Crippen LogP contribution in [0.4, 0.5) is 0 Å². The number of carbonyl (C=O) groups excluding carboxylic acids is 2. The fraction of sp³-hybridized carbons (Fsp3) is 0.897. The molecule has 1 unspecified atom stereocenters. The topological polar surface area (TPSA) is 110 Å². The molecular weight excluding hydrogens is 460 g/mol. The molecule has 0 aliphatic carbocycles. The van der Waals surface area contributed by atoms with Crippen LogP contribution in [0.5, 0.6) is 0 Å². The summed E-state index contributed by atoms with van der Waals surface area (Å²) in [4.78, 5) is 34.3. The van der Waals surface area contributed by atoms with E-state index in [1.165, 1.54) is 70.6 Å². The summed E-state index contributed by atoms with van der Waals surface area (Å²) in [6.07, 6.45) is 21.5. The van der Waals surface area contributed by atoms with Crippen molar-refractivity contribution in [3.05, 3.63) is 0 Å². The highest BCUT2D eigenvalue weighted by Gasteiger charge is 2.16. The van der Waals surface area contributed by atoms with Crippen LogP contribution in [0.3, 0.4) is 0 Å². The van der Waals surface area contributed by atoms with Gasteiger partial charge in [0.2, 0.25) is 0 Å². The first-order valence-electron chi connectivity index (χ1n) is 14.7. The molecule has 0 aliphatic heterocycles. The lowest BCUT2D eigenvalue weighted by molar-refractivity contribution is -0.161. The Morgan fingerprint density at radius 1 is 0.583 bits per heavy atom. The number of aliphatic hydroxyl groups excluding tert-OH is 1. The van der Waals surface area contributed by atoms with Gasteiger partial charge in [-0.3, -0.25) is 14.4 Å². The Balaban J connectivity index is 3.55. The van der Waals surface area contributed by atoms with Gasteiger partial charge in [-0.25, -0.2) is 0 Å². The maximum Gasteiger partial charge on any atom is 0.306 e. The Hall–Kier alpha value is -1.63. The number of aliphatic carboxylic acids is 1. The summed E-state index contributed by atoms with van der Waals surface area (Å²) in [5, 5.41) is 18.0. The van der Waals surface area contributed by atoms with E-state index in [9.17, 15) is 19.5 Å². The van der Waals surface area contributed by atoms with Crippen molar-refractivity contribution in [1.29, 1.82) is 0 Å². The zero-order valence-corrected chi connectivity index (χ0v) is 23.0. The van der Waals surface area contributed by atoms with Gasteiger partial charge in [-0.1, -0.05) is 110 Å². The average molecular weight is 515 g/mol. The SMILES string of the molecule is CCCCCCCCCCCCCCCCC(=O)OCC(CO)OC(=O)CCCCCCCC(=O)O. The molecule has 0 saturated carbocycles. The first kappa shape index (κ1) is 34.4. The van der Waals surface area contributed by atoms with Crippen LogP contribution >= 0.6 is 0 Å². The van der Waals surface area contributed by atoms with Crippen molar-refractivity contribution < 1.29 is 34.1 Å². The maximum absolute atomic E-state index is 11.9. The maximum atomic E-state index is 11.9. The lowest BCUT2D eigenvalue weighted by Crippen LogP contribution is -2.28. The zero-order valence-electron chi connectivity index (χ0n) is 23.0. The van der Waals surface area contributed by atoms with Gasteiger partial charge in [0, 0.05) is 19.3 Å². The van der Waals surface area contributed by atoms with Crippen LogP contribution < -0.4 is 0 Å². The van der Waals surface area contributed by atoms with Crippen LogP contribution in [0.2, 0.25) is 0 Å². The minimum Gasteiger partial charge on any atom is -0.481 e. The molecule has 0 aromatic rings. The van der Waals surface area contributed by atoms with E-state index >= 15 is 0 Å². The van der Waals surface area contributed by atoms with Crippen LogP contribution in [0, 0.1) is 0 Å². The van der Waals surface area contributed by atoms with E-state index < -0.39 is 18.0 Å². The number of unbranched alkanes of at least 4 members (excludes halogenated alkanes) is 17. The fourth-order valence-electron chi connectivity index (χ4n) is 4.17. The third-order valence-corrected chi connectivity index (χ3v) is 6.44. The van der Waals surface area contributed by atoms with E-state index in [0.717, 1.165) is 38.5 Å². The Morgan fingerprint density at radius 2 is 0.972 bits per heavy atom. The number of aliphatic hydroxyl groups is 1. The summed E-state index contributed by atoms with van der Waals surface area (Å²) in [6, 6.07) is 0. The number of carboxylic acids is 1. The van der Waals surface area contributed by atoms with Crippen molar-refractivity contribution in [3.8, 4) is 0 Å².